The molecule has 2 aliphatic heterocycles. The third-order valence-corrected chi connectivity index (χ3v) is 6.95. The monoisotopic (exact) mass is 396 g/mol. The van der Waals surface area contributed by atoms with Crippen molar-refractivity contribution in [1.82, 2.24) is 10.2 Å². The minimum Gasteiger partial charge on any atom is -0.497 e. The highest BCUT2D eigenvalue weighted by molar-refractivity contribution is 8.01. The smallest absolute Gasteiger partial charge is 0.256 e. The molecule has 4 rings (SSSR count). The molecule has 1 N–H and O–H groups in total. The van der Waals surface area contributed by atoms with Gasteiger partial charge in [0.2, 0.25) is 5.91 Å². The van der Waals surface area contributed by atoms with Crippen LogP contribution in [0.5, 0.6) is 5.75 Å². The van der Waals surface area contributed by atoms with Gasteiger partial charge in [0.05, 0.1) is 7.11 Å². The van der Waals surface area contributed by atoms with Crippen molar-refractivity contribution in [2.75, 3.05) is 13.7 Å². The molecule has 1 saturated heterocycles. The van der Waals surface area contributed by atoms with E-state index in [2.05, 4.69) is 5.32 Å². The molecule has 2 heterocycles. The fourth-order valence-corrected chi connectivity index (χ4v) is 5.61. The van der Waals surface area contributed by atoms with Gasteiger partial charge in [-0.3, -0.25) is 9.59 Å². The molecule has 0 radical (unpaired) electrons. The molecule has 6 heteroatoms. The Kier molecular flexibility index (Phi) is 4.83. The van der Waals surface area contributed by atoms with Crippen LogP contribution in [0.1, 0.15) is 40.7 Å². The third-order valence-electron chi connectivity index (χ3n) is 5.42. The Morgan fingerprint density at radius 1 is 1.18 bits per heavy atom. The molecular weight excluding hydrogens is 372 g/mol. The van der Waals surface area contributed by atoms with Crippen molar-refractivity contribution >= 4 is 23.6 Å². The Balaban J connectivity index is 1.45. The predicted molar refractivity (Wildman–Crippen MR) is 111 cm³/mol. The van der Waals surface area contributed by atoms with Gasteiger partial charge in [-0.2, -0.15) is 0 Å². The number of amides is 2. The lowest BCUT2D eigenvalue weighted by atomic mass is 10.0. The van der Waals surface area contributed by atoms with Crippen molar-refractivity contribution in [1.29, 1.82) is 0 Å². The Morgan fingerprint density at radius 3 is 2.61 bits per heavy atom. The number of nitrogens with zero attached hydrogens (tertiary/aromatic N) is 1. The summed E-state index contributed by atoms with van der Waals surface area (Å²) in [5.41, 5.74) is 2.86. The van der Waals surface area contributed by atoms with Crippen molar-refractivity contribution in [3.63, 3.8) is 0 Å². The van der Waals surface area contributed by atoms with E-state index >= 15 is 0 Å². The van der Waals surface area contributed by atoms with E-state index in [4.69, 9.17) is 4.74 Å². The second-order valence-electron chi connectivity index (χ2n) is 7.66. The van der Waals surface area contributed by atoms with Gasteiger partial charge in [0.1, 0.15) is 17.2 Å². The van der Waals surface area contributed by atoms with E-state index in [9.17, 15) is 9.59 Å². The first kappa shape index (κ1) is 18.9. The van der Waals surface area contributed by atoms with Crippen LogP contribution in [-0.2, 0) is 11.2 Å². The van der Waals surface area contributed by atoms with Gasteiger partial charge in [0.15, 0.2) is 0 Å². The predicted octanol–water partition coefficient (Wildman–Crippen LogP) is 3.40. The maximum Gasteiger partial charge on any atom is 0.256 e. The molecule has 28 heavy (non-hydrogen) atoms. The van der Waals surface area contributed by atoms with Gasteiger partial charge in [0.25, 0.3) is 5.91 Å². The lowest BCUT2D eigenvalue weighted by Gasteiger charge is -2.29. The highest BCUT2D eigenvalue weighted by Crippen LogP contribution is 2.56. The van der Waals surface area contributed by atoms with Gasteiger partial charge in [-0.15, -0.1) is 11.8 Å². The summed E-state index contributed by atoms with van der Waals surface area (Å²) in [6, 6.07) is 15.0. The van der Waals surface area contributed by atoms with Gasteiger partial charge in [-0.05, 0) is 49.6 Å². The van der Waals surface area contributed by atoms with Crippen LogP contribution in [0.4, 0.5) is 0 Å². The summed E-state index contributed by atoms with van der Waals surface area (Å²) in [5, 5.41) is 2.95. The number of hydrogen-bond acceptors (Lipinski definition) is 4. The topological polar surface area (TPSA) is 58.6 Å². The largest absolute Gasteiger partial charge is 0.497 e. The lowest BCUT2D eigenvalue weighted by Crippen LogP contribution is -2.52. The fraction of sp³-hybridized carbons (Fsp3) is 0.364. The Hall–Kier alpha value is -2.47. The van der Waals surface area contributed by atoms with Crippen LogP contribution in [0.15, 0.2) is 48.5 Å². The van der Waals surface area contributed by atoms with Crippen molar-refractivity contribution in [3.8, 4) is 5.75 Å². The van der Waals surface area contributed by atoms with Crippen LogP contribution < -0.4 is 10.1 Å². The summed E-state index contributed by atoms with van der Waals surface area (Å²) in [5.74, 6) is 0.680. The summed E-state index contributed by atoms with van der Waals surface area (Å²) in [4.78, 5) is 27.8. The van der Waals surface area contributed by atoms with Crippen LogP contribution in [0, 0.1) is 0 Å². The van der Waals surface area contributed by atoms with Gasteiger partial charge < -0.3 is 15.0 Å². The SMILES string of the molecule is COc1ccc(CCNC(=O)[C@H]2N3C(=O)c4ccccc4C3SC2(C)C)cc1. The van der Waals surface area contributed by atoms with Crippen molar-refractivity contribution in [2.24, 2.45) is 0 Å². The number of nitrogens with one attached hydrogen (secondary N) is 1. The van der Waals surface area contributed by atoms with Crippen molar-refractivity contribution < 1.29 is 14.3 Å². The number of thioether (sulfide) groups is 1. The zero-order valence-corrected chi connectivity index (χ0v) is 17.1. The van der Waals surface area contributed by atoms with Crippen LogP contribution in [0.3, 0.4) is 0 Å². The average molecular weight is 397 g/mol. The minimum atomic E-state index is -0.488. The number of ether oxygens (including phenoxy) is 1. The zero-order chi connectivity index (χ0) is 19.9. The second kappa shape index (κ2) is 7.17. The number of benzene rings is 2. The first-order valence-electron chi connectivity index (χ1n) is 9.42. The number of hydrogen-bond donors (Lipinski definition) is 1. The summed E-state index contributed by atoms with van der Waals surface area (Å²) in [7, 11) is 1.64. The van der Waals surface area contributed by atoms with E-state index in [0.717, 1.165) is 23.3 Å². The Morgan fingerprint density at radius 2 is 1.89 bits per heavy atom. The van der Waals surface area contributed by atoms with E-state index in [1.807, 2.05) is 62.4 Å². The molecule has 0 bridgehead atoms. The van der Waals surface area contributed by atoms with E-state index in [1.54, 1.807) is 23.8 Å². The molecule has 0 aromatic heterocycles. The van der Waals surface area contributed by atoms with Crippen LogP contribution in [-0.4, -0.2) is 41.2 Å². The van der Waals surface area contributed by atoms with Gasteiger partial charge in [0, 0.05) is 16.9 Å². The number of carbonyl (C=O) groups excluding carboxylic acids is 2. The summed E-state index contributed by atoms with van der Waals surface area (Å²) in [6.07, 6.45) is 0.730. The summed E-state index contributed by atoms with van der Waals surface area (Å²) < 4.78 is 4.82. The molecule has 0 aliphatic carbocycles. The quantitative estimate of drug-likeness (QED) is 0.842. The average Bonchev–Trinajstić information content (AvgIpc) is 3.12. The molecular formula is C22H24N2O3S. The highest BCUT2D eigenvalue weighted by atomic mass is 32.2. The third kappa shape index (κ3) is 3.15. The van der Waals surface area contributed by atoms with Crippen LogP contribution >= 0.6 is 11.8 Å². The lowest BCUT2D eigenvalue weighted by molar-refractivity contribution is -0.126. The van der Waals surface area contributed by atoms with E-state index in [1.165, 1.54) is 0 Å². The Bertz CT molecular complexity index is 910. The number of rotatable bonds is 5. The minimum absolute atomic E-state index is 0.0472. The highest BCUT2D eigenvalue weighted by Gasteiger charge is 2.57. The van der Waals surface area contributed by atoms with Crippen molar-refractivity contribution in [2.45, 2.75) is 36.4 Å². The molecule has 2 aromatic carbocycles. The van der Waals surface area contributed by atoms with E-state index in [0.29, 0.717) is 12.1 Å². The molecule has 2 atom stereocenters. The number of fused-ring (bicyclic) bond motifs is 3. The number of methoxy groups -OCH3 is 1. The maximum absolute atomic E-state index is 13.1. The molecule has 146 valence electrons. The molecule has 2 aromatic rings. The van der Waals surface area contributed by atoms with Crippen LogP contribution in [0.25, 0.3) is 0 Å². The molecule has 5 nitrogen and oxygen atoms in total. The van der Waals surface area contributed by atoms with Crippen molar-refractivity contribution in [3.05, 3.63) is 65.2 Å². The van der Waals surface area contributed by atoms with Gasteiger partial charge >= 0.3 is 0 Å². The standard InChI is InChI=1S/C22H24N2O3S/c1-22(2)18(19(25)23-13-12-14-8-10-15(27-3)11-9-14)24-20(26)16-6-4-5-7-17(16)21(24)28-22/h4-11,18,21H,12-13H2,1-3H3,(H,23,25)/t18-,21?/m1/s1. The summed E-state index contributed by atoms with van der Waals surface area (Å²) >= 11 is 1.69. The first-order chi connectivity index (χ1) is 13.4. The maximum atomic E-state index is 13.1. The molecule has 1 unspecified atom stereocenters. The number of carbonyl (C=O) groups is 2. The van der Waals surface area contributed by atoms with Crippen LogP contribution in [0.2, 0.25) is 0 Å². The molecule has 2 amide bonds. The molecule has 1 fully saturated rings. The van der Waals surface area contributed by atoms with E-state index in [-0.39, 0.29) is 21.9 Å². The fourth-order valence-electron chi connectivity index (χ4n) is 4.02. The zero-order valence-electron chi connectivity index (χ0n) is 16.3. The molecule has 0 spiro atoms. The van der Waals surface area contributed by atoms with E-state index < -0.39 is 6.04 Å². The normalized spacial score (nSPS) is 22.0. The second-order valence-corrected chi connectivity index (χ2v) is 9.40. The van der Waals surface area contributed by atoms with Gasteiger partial charge in [-0.25, -0.2) is 0 Å². The summed E-state index contributed by atoms with van der Waals surface area (Å²) in [6.45, 7) is 4.61. The molecule has 2 aliphatic rings. The first-order valence-corrected chi connectivity index (χ1v) is 10.3. The Labute approximate surface area is 169 Å². The van der Waals surface area contributed by atoms with Gasteiger partial charge in [-0.1, -0.05) is 30.3 Å². The molecule has 0 saturated carbocycles.